The zero-order chi connectivity index (χ0) is 37.2. The number of imidazole rings is 2. The molecule has 4 N–H and O–H groups in total. The maximum Gasteiger partial charge on any atom is 0.205 e. The molecule has 5 aromatic heterocycles. The molecule has 0 saturated carbocycles. The predicted octanol–water partition coefficient (Wildman–Crippen LogP) is 8.07. The van der Waals surface area contributed by atoms with E-state index in [0.717, 1.165) is 94.6 Å². The van der Waals surface area contributed by atoms with E-state index in [2.05, 4.69) is 83.2 Å². The summed E-state index contributed by atoms with van der Waals surface area (Å²) in [6, 6.07) is 29.2. The van der Waals surface area contributed by atoms with E-state index in [4.69, 9.17) is 32.2 Å². The van der Waals surface area contributed by atoms with E-state index in [9.17, 15) is 0 Å². The zero-order valence-electron chi connectivity index (χ0n) is 30.5. The lowest BCUT2D eigenvalue weighted by Crippen LogP contribution is -2.29. The Morgan fingerprint density at radius 1 is 0.889 bits per heavy atom. The third kappa shape index (κ3) is 7.15. The highest BCUT2D eigenvalue weighted by Gasteiger charge is 2.20. The van der Waals surface area contributed by atoms with Gasteiger partial charge in [0, 0.05) is 49.8 Å². The molecule has 0 bridgehead atoms. The molecule has 0 amide bonds. The Labute approximate surface area is 317 Å². The Morgan fingerprint density at radius 2 is 1.57 bits per heavy atom. The third-order valence-electron chi connectivity index (χ3n) is 9.88. The van der Waals surface area contributed by atoms with Crippen LogP contribution in [0.2, 0.25) is 0 Å². The van der Waals surface area contributed by atoms with Gasteiger partial charge in [-0.2, -0.15) is 10.1 Å². The van der Waals surface area contributed by atoms with Crippen LogP contribution in [-0.2, 0) is 24.9 Å². The molecule has 9 rings (SSSR count). The monoisotopic (exact) mass is 738 g/mol. The smallest absolute Gasteiger partial charge is 0.205 e. The lowest BCUT2D eigenvalue weighted by molar-refractivity contribution is 0.0902. The SMILES string of the molecule is Cc1noc(C)c1-c1cc(N)c2[nH]c(=S)n(Cc3ccccc3)c2c1.Cn1nccc1-c1cnc2nc(NC3CCOCC3)n(Cc3ccccc3)c2c1. The van der Waals surface area contributed by atoms with E-state index in [-0.39, 0.29) is 0 Å². The van der Waals surface area contributed by atoms with E-state index < -0.39 is 0 Å². The van der Waals surface area contributed by atoms with Crippen LogP contribution in [0.15, 0.2) is 102 Å². The number of nitrogens with zero attached hydrogens (tertiary/aromatic N) is 7. The van der Waals surface area contributed by atoms with E-state index in [1.165, 1.54) is 11.1 Å². The molecule has 1 fully saturated rings. The fourth-order valence-electron chi connectivity index (χ4n) is 7.11. The van der Waals surface area contributed by atoms with Crippen LogP contribution in [0.25, 0.3) is 44.6 Å². The summed E-state index contributed by atoms with van der Waals surface area (Å²) < 4.78 is 17.6. The van der Waals surface area contributed by atoms with Crippen LogP contribution in [0, 0.1) is 18.6 Å². The van der Waals surface area contributed by atoms with Gasteiger partial charge in [0.2, 0.25) is 5.95 Å². The molecule has 0 atom stereocenters. The summed E-state index contributed by atoms with van der Waals surface area (Å²) in [5.41, 5.74) is 17.8. The Balaban J connectivity index is 0.000000155. The number of hydrogen-bond acceptors (Lipinski definition) is 9. The van der Waals surface area contributed by atoms with Crippen LogP contribution in [-0.4, -0.2) is 58.3 Å². The molecule has 1 saturated heterocycles. The van der Waals surface area contributed by atoms with Crippen LogP contribution in [0.1, 0.15) is 35.4 Å². The van der Waals surface area contributed by atoms with Gasteiger partial charge in [-0.1, -0.05) is 65.8 Å². The molecule has 0 aliphatic carbocycles. The summed E-state index contributed by atoms with van der Waals surface area (Å²) in [4.78, 5) is 12.7. The normalized spacial score (nSPS) is 13.3. The van der Waals surface area contributed by atoms with Crippen LogP contribution >= 0.6 is 12.2 Å². The van der Waals surface area contributed by atoms with Gasteiger partial charge < -0.3 is 34.4 Å². The Kier molecular flexibility index (Phi) is 9.81. The first-order chi connectivity index (χ1) is 26.3. The van der Waals surface area contributed by atoms with Gasteiger partial charge in [0.25, 0.3) is 0 Å². The van der Waals surface area contributed by atoms with Crippen molar-refractivity contribution in [3.05, 3.63) is 125 Å². The molecule has 0 radical (unpaired) electrons. The number of pyridine rings is 1. The number of anilines is 2. The van der Waals surface area contributed by atoms with Crippen LogP contribution in [0.3, 0.4) is 0 Å². The van der Waals surface area contributed by atoms with Crippen LogP contribution in [0.5, 0.6) is 0 Å². The first kappa shape index (κ1) is 35.0. The summed E-state index contributed by atoms with van der Waals surface area (Å²) in [5, 5.41) is 12.0. The van der Waals surface area contributed by atoms with E-state index in [1.54, 1.807) is 6.20 Å². The minimum Gasteiger partial charge on any atom is -0.397 e. The van der Waals surface area contributed by atoms with Crippen molar-refractivity contribution in [2.45, 2.75) is 45.8 Å². The first-order valence-electron chi connectivity index (χ1n) is 18.0. The van der Waals surface area contributed by atoms with E-state index in [1.807, 2.05) is 68.2 Å². The predicted molar refractivity (Wildman–Crippen MR) is 215 cm³/mol. The van der Waals surface area contributed by atoms with Gasteiger partial charge >= 0.3 is 0 Å². The number of aromatic nitrogens is 8. The number of aryl methyl sites for hydroxylation is 3. The maximum atomic E-state index is 6.30. The molecule has 274 valence electrons. The van der Waals surface area contributed by atoms with Gasteiger partial charge in [0.1, 0.15) is 5.76 Å². The Bertz CT molecular complexity index is 2580. The second-order valence-electron chi connectivity index (χ2n) is 13.6. The Morgan fingerprint density at radius 3 is 2.22 bits per heavy atom. The zero-order valence-corrected chi connectivity index (χ0v) is 31.3. The molecule has 0 unspecified atom stereocenters. The second-order valence-corrected chi connectivity index (χ2v) is 14.0. The minimum atomic E-state index is 0.367. The molecule has 3 aromatic carbocycles. The van der Waals surface area contributed by atoms with Crippen molar-refractivity contribution in [1.29, 1.82) is 0 Å². The second kappa shape index (κ2) is 15.1. The lowest BCUT2D eigenvalue weighted by atomic mass is 10.0. The summed E-state index contributed by atoms with van der Waals surface area (Å²) in [6.45, 7) is 6.84. The quantitative estimate of drug-likeness (QED) is 0.104. The van der Waals surface area contributed by atoms with Crippen LogP contribution < -0.4 is 11.1 Å². The number of aromatic amines is 1. The molecular weight excluding hydrogens is 697 g/mol. The largest absolute Gasteiger partial charge is 0.397 e. The summed E-state index contributed by atoms with van der Waals surface area (Å²) in [5.74, 6) is 1.64. The molecule has 1 aliphatic heterocycles. The fraction of sp³-hybridized carbons (Fsp3) is 0.244. The third-order valence-corrected chi connectivity index (χ3v) is 10.2. The first-order valence-corrected chi connectivity index (χ1v) is 18.5. The molecule has 8 aromatic rings. The molecule has 12 nitrogen and oxygen atoms in total. The van der Waals surface area contributed by atoms with Gasteiger partial charge in [0.15, 0.2) is 10.4 Å². The maximum absolute atomic E-state index is 6.30. The van der Waals surface area contributed by atoms with E-state index in [0.29, 0.717) is 23.0 Å². The molecular formula is C41H42N10O2S. The number of nitrogen functional groups attached to an aromatic ring is 1. The van der Waals surface area contributed by atoms with Crippen molar-refractivity contribution in [2.75, 3.05) is 24.3 Å². The number of hydrogen-bond donors (Lipinski definition) is 3. The highest BCUT2D eigenvalue weighted by molar-refractivity contribution is 7.71. The van der Waals surface area contributed by atoms with Crippen molar-refractivity contribution < 1.29 is 9.26 Å². The number of nitrogens with one attached hydrogen (secondary N) is 2. The number of rotatable bonds is 8. The van der Waals surface area contributed by atoms with Crippen molar-refractivity contribution in [3.8, 4) is 22.4 Å². The lowest BCUT2D eigenvalue weighted by Gasteiger charge is -2.24. The topological polar surface area (TPSA) is 143 Å². The number of benzene rings is 3. The van der Waals surface area contributed by atoms with Gasteiger partial charge in [-0.25, -0.2) is 4.98 Å². The average Bonchev–Trinajstić information content (AvgIpc) is 3.94. The minimum absolute atomic E-state index is 0.367. The number of H-pyrrole nitrogens is 1. The van der Waals surface area contributed by atoms with E-state index >= 15 is 0 Å². The molecule has 54 heavy (non-hydrogen) atoms. The molecule has 1 aliphatic rings. The number of fused-ring (bicyclic) bond motifs is 2. The van der Waals surface area contributed by atoms with Gasteiger partial charge in [-0.3, -0.25) is 4.68 Å². The number of nitrogens with two attached hydrogens (primary N) is 1. The van der Waals surface area contributed by atoms with Gasteiger partial charge in [0.05, 0.1) is 46.7 Å². The number of ether oxygens (including phenoxy) is 1. The van der Waals surface area contributed by atoms with Crippen LogP contribution in [0.4, 0.5) is 11.6 Å². The van der Waals surface area contributed by atoms with Gasteiger partial charge in [-0.15, -0.1) is 0 Å². The molecule has 6 heterocycles. The van der Waals surface area contributed by atoms with Gasteiger partial charge in [-0.05, 0) is 79.9 Å². The molecule has 0 spiro atoms. The average molecular weight is 739 g/mol. The standard InChI is InChI=1S/C22H24N6O.C19H18N4OS/c1-27-19(7-10-24-27)17-13-20-21(23-14-17)26-22(25-18-8-11-29-12-9-18)28(20)15-16-5-3-2-4-6-16;1-11-17(12(2)24-22-11)14-8-15(20)18-16(9-14)23(19(25)21-18)10-13-6-4-3-5-7-13/h2-7,10,13-14,18H,8-9,11-12,15H2,1H3,(H,23,25,26);3-9H,10,20H2,1-2H3,(H,21,25). The summed E-state index contributed by atoms with van der Waals surface area (Å²) in [7, 11) is 1.94. The fourth-order valence-corrected chi connectivity index (χ4v) is 7.37. The highest BCUT2D eigenvalue weighted by Crippen LogP contribution is 2.33. The summed E-state index contributed by atoms with van der Waals surface area (Å²) >= 11 is 5.53. The van der Waals surface area contributed by atoms with Crippen molar-refractivity contribution in [1.82, 2.24) is 39.0 Å². The summed E-state index contributed by atoms with van der Waals surface area (Å²) in [6.07, 6.45) is 5.65. The Hall–Kier alpha value is -6.05. The van der Waals surface area contributed by atoms with Crippen molar-refractivity contribution in [2.24, 2.45) is 7.05 Å². The highest BCUT2D eigenvalue weighted by atomic mass is 32.1. The molecule has 13 heteroatoms. The van der Waals surface area contributed by atoms with Crippen molar-refractivity contribution in [3.63, 3.8) is 0 Å². The van der Waals surface area contributed by atoms with Crippen molar-refractivity contribution >= 4 is 46.1 Å².